The molecule has 1 heterocycles. The Morgan fingerprint density at radius 2 is 2.37 bits per heavy atom. The molecule has 0 saturated heterocycles. The van der Waals surface area contributed by atoms with Gasteiger partial charge in [-0.25, -0.2) is 0 Å². The third-order valence-electron chi connectivity index (χ3n) is 3.31. The zero-order valence-corrected chi connectivity index (χ0v) is 13.0. The van der Waals surface area contributed by atoms with Crippen molar-refractivity contribution in [3.63, 3.8) is 0 Å². The first kappa shape index (κ1) is 14.8. The smallest absolute Gasteiger partial charge is 0.226 e. The molecule has 1 saturated carbocycles. The number of amides is 1. The molecule has 19 heavy (non-hydrogen) atoms. The molecule has 6 heteroatoms. The minimum absolute atomic E-state index is 0.118. The van der Waals surface area contributed by atoms with Gasteiger partial charge in [0, 0.05) is 17.2 Å². The lowest BCUT2D eigenvalue weighted by Crippen LogP contribution is -2.42. The Kier molecular flexibility index (Phi) is 4.48. The zero-order chi connectivity index (χ0) is 14.0. The summed E-state index contributed by atoms with van der Waals surface area (Å²) in [6.07, 6.45) is 3.79. The molecule has 0 aliphatic heterocycles. The summed E-state index contributed by atoms with van der Waals surface area (Å²) in [5, 5.41) is 13.3. The second-order valence-corrected chi connectivity index (χ2v) is 6.49. The van der Waals surface area contributed by atoms with Crippen LogP contribution in [0.3, 0.4) is 0 Å². The van der Waals surface area contributed by atoms with E-state index in [2.05, 4.69) is 26.2 Å². The molecule has 1 aliphatic rings. The number of hydrogen-bond acceptors (Lipinski definition) is 3. The van der Waals surface area contributed by atoms with Gasteiger partial charge in [0.15, 0.2) is 0 Å². The number of rotatable bonds is 5. The lowest BCUT2D eigenvalue weighted by Gasteiger charge is -2.23. The molecular weight excluding hydrogens is 332 g/mol. The van der Waals surface area contributed by atoms with Crippen LogP contribution < -0.4 is 5.32 Å². The fraction of sp³-hybridized carbons (Fsp3) is 0.538. The van der Waals surface area contributed by atoms with Crippen molar-refractivity contribution in [2.24, 2.45) is 5.92 Å². The zero-order valence-electron chi connectivity index (χ0n) is 10.6. The highest BCUT2D eigenvalue weighted by atomic mass is 79.9. The number of carbonyl (C=O) groups excluding carboxylic acids is 1. The third kappa shape index (κ3) is 4.16. The van der Waals surface area contributed by atoms with Gasteiger partial charge >= 0.3 is 0 Å². The summed E-state index contributed by atoms with van der Waals surface area (Å²) in [5.41, 5.74) is -0.277. The maximum absolute atomic E-state index is 11.8. The predicted octanol–water partition coefficient (Wildman–Crippen LogP) is 2.32. The first-order valence-corrected chi connectivity index (χ1v) is 7.34. The Bertz CT molecular complexity index is 490. The van der Waals surface area contributed by atoms with E-state index in [1.807, 2.05) is 0 Å². The number of aliphatic hydroxyl groups is 1. The van der Waals surface area contributed by atoms with Crippen molar-refractivity contribution in [1.82, 2.24) is 10.3 Å². The SMILES string of the molecule is CC(O)(CNC(=O)Cc1ncc(Br)cc1Cl)C1CC1. The maximum atomic E-state index is 11.8. The molecule has 0 radical (unpaired) electrons. The Balaban J connectivity index is 1.87. The van der Waals surface area contributed by atoms with Gasteiger partial charge in [0.05, 0.1) is 22.7 Å². The van der Waals surface area contributed by atoms with Crippen LogP contribution in [0.25, 0.3) is 0 Å². The molecule has 0 aromatic carbocycles. The molecule has 4 nitrogen and oxygen atoms in total. The van der Waals surface area contributed by atoms with Crippen LogP contribution in [0, 0.1) is 5.92 Å². The summed E-state index contributed by atoms with van der Waals surface area (Å²) >= 11 is 9.26. The van der Waals surface area contributed by atoms with Gasteiger partial charge in [0.1, 0.15) is 0 Å². The van der Waals surface area contributed by atoms with Gasteiger partial charge in [0.2, 0.25) is 5.91 Å². The lowest BCUT2D eigenvalue weighted by atomic mass is 10.0. The van der Waals surface area contributed by atoms with Gasteiger partial charge in [0.25, 0.3) is 0 Å². The molecule has 104 valence electrons. The minimum Gasteiger partial charge on any atom is -0.388 e. The lowest BCUT2D eigenvalue weighted by molar-refractivity contribution is -0.121. The van der Waals surface area contributed by atoms with Crippen molar-refractivity contribution in [3.8, 4) is 0 Å². The highest BCUT2D eigenvalue weighted by Crippen LogP contribution is 2.38. The Hall–Kier alpha value is -0.650. The van der Waals surface area contributed by atoms with E-state index in [-0.39, 0.29) is 18.9 Å². The van der Waals surface area contributed by atoms with E-state index in [0.29, 0.717) is 16.6 Å². The van der Waals surface area contributed by atoms with Crippen LogP contribution in [0.4, 0.5) is 0 Å². The number of nitrogens with zero attached hydrogens (tertiary/aromatic N) is 1. The second-order valence-electron chi connectivity index (χ2n) is 5.17. The molecule has 0 spiro atoms. The number of hydrogen-bond donors (Lipinski definition) is 2. The molecular formula is C13H16BrClN2O2. The summed E-state index contributed by atoms with van der Waals surface area (Å²) in [7, 11) is 0. The van der Waals surface area contributed by atoms with E-state index in [9.17, 15) is 9.90 Å². The van der Waals surface area contributed by atoms with E-state index in [1.165, 1.54) is 0 Å². The summed E-state index contributed by atoms with van der Waals surface area (Å²) < 4.78 is 0.776. The van der Waals surface area contributed by atoms with Gasteiger partial charge in [-0.3, -0.25) is 9.78 Å². The van der Waals surface area contributed by atoms with Crippen molar-refractivity contribution in [1.29, 1.82) is 0 Å². The highest BCUT2D eigenvalue weighted by Gasteiger charge is 2.39. The van der Waals surface area contributed by atoms with Crippen molar-refractivity contribution < 1.29 is 9.90 Å². The average Bonchev–Trinajstić information content (AvgIpc) is 3.15. The topological polar surface area (TPSA) is 62.2 Å². The Morgan fingerprint density at radius 3 is 2.95 bits per heavy atom. The van der Waals surface area contributed by atoms with E-state index in [0.717, 1.165) is 17.3 Å². The van der Waals surface area contributed by atoms with E-state index in [1.54, 1.807) is 19.2 Å². The molecule has 1 aliphatic carbocycles. The number of pyridine rings is 1. The van der Waals surface area contributed by atoms with Crippen LogP contribution in [0.5, 0.6) is 0 Å². The summed E-state index contributed by atoms with van der Waals surface area (Å²) in [6.45, 7) is 2.03. The van der Waals surface area contributed by atoms with Crippen molar-refractivity contribution in [3.05, 3.63) is 27.5 Å². The fourth-order valence-corrected chi connectivity index (χ4v) is 2.61. The first-order valence-electron chi connectivity index (χ1n) is 6.17. The van der Waals surface area contributed by atoms with Crippen molar-refractivity contribution >= 4 is 33.4 Å². The molecule has 0 bridgehead atoms. The quantitative estimate of drug-likeness (QED) is 0.859. The highest BCUT2D eigenvalue weighted by molar-refractivity contribution is 9.10. The van der Waals surface area contributed by atoms with E-state index >= 15 is 0 Å². The van der Waals surface area contributed by atoms with Gasteiger partial charge in [-0.15, -0.1) is 0 Å². The molecule has 1 aromatic rings. The standard InChI is InChI=1S/C13H16BrClN2O2/c1-13(19,8-2-3-8)7-17-12(18)5-11-10(15)4-9(14)6-16-11/h4,6,8,19H,2-3,5,7H2,1H3,(H,17,18). The van der Waals surface area contributed by atoms with Crippen LogP contribution >= 0.6 is 27.5 Å². The average molecular weight is 348 g/mol. The Morgan fingerprint density at radius 1 is 1.68 bits per heavy atom. The monoisotopic (exact) mass is 346 g/mol. The fourth-order valence-electron chi connectivity index (χ4n) is 1.91. The molecule has 1 unspecified atom stereocenters. The number of halogens is 2. The Labute approximate surface area is 125 Å². The largest absolute Gasteiger partial charge is 0.388 e. The van der Waals surface area contributed by atoms with Crippen LogP contribution in [-0.4, -0.2) is 28.1 Å². The maximum Gasteiger partial charge on any atom is 0.226 e. The number of carbonyl (C=O) groups is 1. The molecule has 1 fully saturated rings. The normalized spacial score (nSPS) is 17.9. The first-order chi connectivity index (χ1) is 8.88. The van der Waals surface area contributed by atoms with Crippen LogP contribution in [0.1, 0.15) is 25.5 Å². The van der Waals surface area contributed by atoms with E-state index < -0.39 is 5.60 Å². The molecule has 1 amide bonds. The predicted molar refractivity (Wildman–Crippen MR) is 77.0 cm³/mol. The summed E-state index contributed by atoms with van der Waals surface area (Å²) in [6, 6.07) is 1.71. The van der Waals surface area contributed by atoms with Crippen LogP contribution in [0.15, 0.2) is 16.7 Å². The molecule has 1 atom stereocenters. The molecule has 2 rings (SSSR count). The molecule has 2 N–H and O–H groups in total. The van der Waals surface area contributed by atoms with Crippen LogP contribution in [-0.2, 0) is 11.2 Å². The van der Waals surface area contributed by atoms with Gasteiger partial charge < -0.3 is 10.4 Å². The summed E-state index contributed by atoms with van der Waals surface area (Å²) in [5.74, 6) is 0.125. The van der Waals surface area contributed by atoms with Crippen molar-refractivity contribution in [2.75, 3.05) is 6.54 Å². The third-order valence-corrected chi connectivity index (χ3v) is 4.07. The summed E-state index contributed by atoms with van der Waals surface area (Å²) in [4.78, 5) is 15.9. The van der Waals surface area contributed by atoms with E-state index in [4.69, 9.17) is 11.6 Å². The van der Waals surface area contributed by atoms with Crippen LogP contribution in [0.2, 0.25) is 5.02 Å². The van der Waals surface area contributed by atoms with Gasteiger partial charge in [-0.05, 0) is 47.7 Å². The number of nitrogens with one attached hydrogen (secondary N) is 1. The number of aromatic nitrogens is 1. The second kappa shape index (κ2) is 5.77. The van der Waals surface area contributed by atoms with Gasteiger partial charge in [-0.1, -0.05) is 11.6 Å². The van der Waals surface area contributed by atoms with Gasteiger partial charge in [-0.2, -0.15) is 0 Å². The van der Waals surface area contributed by atoms with Crippen molar-refractivity contribution in [2.45, 2.75) is 31.8 Å². The molecule has 1 aromatic heterocycles. The minimum atomic E-state index is -0.813.